The molecule has 8 heteroatoms. The van der Waals surface area contributed by atoms with Crippen molar-refractivity contribution in [1.82, 2.24) is 4.31 Å². The molecule has 2 aliphatic heterocycles. The highest BCUT2D eigenvalue weighted by molar-refractivity contribution is 7.89. The average molecular weight is 354 g/mol. The lowest BCUT2D eigenvalue weighted by Crippen LogP contribution is -2.41. The van der Waals surface area contributed by atoms with E-state index in [2.05, 4.69) is 12.2 Å². The Balaban J connectivity index is 1.82. The van der Waals surface area contributed by atoms with Gasteiger partial charge >= 0.3 is 0 Å². The molecule has 24 heavy (non-hydrogen) atoms. The lowest BCUT2D eigenvalue weighted by molar-refractivity contribution is -0.123. The second-order valence-corrected chi connectivity index (χ2v) is 7.85. The monoisotopic (exact) mass is 354 g/mol. The Kier molecular flexibility index (Phi) is 5.07. The highest BCUT2D eigenvalue weighted by Gasteiger charge is 2.31. The summed E-state index contributed by atoms with van der Waals surface area (Å²) < 4.78 is 37.7. The van der Waals surface area contributed by atoms with Gasteiger partial charge in [-0.15, -0.1) is 0 Å². The van der Waals surface area contributed by atoms with Crippen molar-refractivity contribution < 1.29 is 22.7 Å². The Bertz CT molecular complexity index is 713. The minimum atomic E-state index is -3.59. The normalized spacial score (nSPS) is 21.7. The highest BCUT2D eigenvalue weighted by Crippen LogP contribution is 2.33. The molecular weight excluding hydrogens is 332 g/mol. The summed E-state index contributed by atoms with van der Waals surface area (Å²) in [5, 5.41) is 2.76. The Morgan fingerprint density at radius 2 is 2.04 bits per heavy atom. The van der Waals surface area contributed by atoms with Crippen LogP contribution in [0, 0.1) is 0 Å². The predicted molar refractivity (Wildman–Crippen MR) is 88.6 cm³/mol. The van der Waals surface area contributed by atoms with Crippen LogP contribution in [0.25, 0.3) is 0 Å². The fourth-order valence-corrected chi connectivity index (χ4v) is 4.24. The molecular formula is C16H22N2O5S. The maximum Gasteiger partial charge on any atom is 0.265 e. The van der Waals surface area contributed by atoms with Crippen LogP contribution in [0.15, 0.2) is 23.1 Å². The van der Waals surface area contributed by atoms with Crippen molar-refractivity contribution >= 4 is 21.6 Å². The molecule has 0 aromatic heterocycles. The first-order chi connectivity index (χ1) is 11.5. The Labute approximate surface area is 142 Å². The van der Waals surface area contributed by atoms with Crippen LogP contribution < -0.4 is 10.1 Å². The van der Waals surface area contributed by atoms with Gasteiger partial charge in [-0.3, -0.25) is 4.79 Å². The zero-order chi connectivity index (χ0) is 17.2. The summed E-state index contributed by atoms with van der Waals surface area (Å²) in [6, 6.07) is 4.60. The molecule has 1 atom stereocenters. The van der Waals surface area contributed by atoms with Crippen molar-refractivity contribution in [3.8, 4) is 5.75 Å². The quantitative estimate of drug-likeness (QED) is 0.868. The predicted octanol–water partition coefficient (Wildman–Crippen LogP) is 1.60. The number of unbranched alkanes of at least 4 members (excludes halogenated alkanes) is 1. The number of carbonyl (C=O) groups excluding carboxylic acids is 1. The number of amides is 1. The molecule has 1 aromatic rings. The summed E-state index contributed by atoms with van der Waals surface area (Å²) in [6.45, 7) is 3.51. The topological polar surface area (TPSA) is 84.9 Å². The zero-order valence-electron chi connectivity index (χ0n) is 13.7. The molecule has 2 heterocycles. The van der Waals surface area contributed by atoms with Crippen LogP contribution in [0.3, 0.4) is 0 Å². The molecule has 1 aromatic carbocycles. The van der Waals surface area contributed by atoms with Gasteiger partial charge in [0.2, 0.25) is 10.0 Å². The van der Waals surface area contributed by atoms with Gasteiger partial charge in [-0.05, 0) is 31.0 Å². The molecule has 1 N–H and O–H groups in total. The highest BCUT2D eigenvalue weighted by atomic mass is 32.2. The second kappa shape index (κ2) is 7.08. The number of anilines is 1. The first-order valence-electron chi connectivity index (χ1n) is 8.22. The number of nitrogens with one attached hydrogen (secondary N) is 1. The van der Waals surface area contributed by atoms with Gasteiger partial charge in [0.15, 0.2) is 6.10 Å². The fraction of sp³-hybridized carbons (Fsp3) is 0.562. The van der Waals surface area contributed by atoms with E-state index in [0.29, 0.717) is 44.2 Å². The van der Waals surface area contributed by atoms with Crippen LogP contribution in [0.5, 0.6) is 5.75 Å². The standard InChI is InChI=1S/C16H22N2O5S/c1-2-3-4-15-16(19)17-13-11-12(5-6-14(13)23-15)24(20,21)18-7-9-22-10-8-18/h5-6,11,15H,2-4,7-10H2,1H3,(H,17,19)/t15-/m0/s1. The molecule has 132 valence electrons. The van der Waals surface area contributed by atoms with Crippen molar-refractivity contribution in [3.63, 3.8) is 0 Å². The Morgan fingerprint density at radius 1 is 1.29 bits per heavy atom. The van der Waals surface area contributed by atoms with Crippen LogP contribution in [0.2, 0.25) is 0 Å². The van der Waals surface area contributed by atoms with E-state index >= 15 is 0 Å². The maximum atomic E-state index is 12.7. The van der Waals surface area contributed by atoms with Gasteiger partial charge in [0.05, 0.1) is 23.8 Å². The van der Waals surface area contributed by atoms with E-state index in [1.807, 2.05) is 0 Å². The first kappa shape index (κ1) is 17.2. The van der Waals surface area contributed by atoms with Gasteiger partial charge in [-0.25, -0.2) is 8.42 Å². The van der Waals surface area contributed by atoms with Crippen LogP contribution in [0.4, 0.5) is 5.69 Å². The van der Waals surface area contributed by atoms with E-state index < -0.39 is 16.1 Å². The SMILES string of the molecule is CCCC[C@@H]1Oc2ccc(S(=O)(=O)N3CCOCC3)cc2NC1=O. The molecule has 0 aliphatic carbocycles. The van der Waals surface area contributed by atoms with Gasteiger partial charge in [-0.2, -0.15) is 4.31 Å². The first-order valence-corrected chi connectivity index (χ1v) is 9.66. The molecule has 0 unspecified atom stereocenters. The molecule has 0 radical (unpaired) electrons. The average Bonchev–Trinajstić information content (AvgIpc) is 2.60. The van der Waals surface area contributed by atoms with E-state index in [1.165, 1.54) is 16.4 Å². The Hall–Kier alpha value is -1.64. The Morgan fingerprint density at radius 3 is 2.75 bits per heavy atom. The van der Waals surface area contributed by atoms with Crippen molar-refractivity contribution in [2.75, 3.05) is 31.6 Å². The van der Waals surface area contributed by atoms with Gasteiger partial charge in [0.25, 0.3) is 5.91 Å². The lowest BCUT2D eigenvalue weighted by atomic mass is 10.1. The number of fused-ring (bicyclic) bond motifs is 1. The van der Waals surface area contributed by atoms with E-state index in [-0.39, 0.29) is 10.8 Å². The minimum absolute atomic E-state index is 0.152. The summed E-state index contributed by atoms with van der Waals surface area (Å²) in [7, 11) is -3.59. The second-order valence-electron chi connectivity index (χ2n) is 5.91. The van der Waals surface area contributed by atoms with E-state index in [0.717, 1.165) is 12.8 Å². The van der Waals surface area contributed by atoms with Gasteiger partial charge in [0, 0.05) is 13.1 Å². The largest absolute Gasteiger partial charge is 0.478 e. The summed E-state index contributed by atoms with van der Waals surface area (Å²) in [5.41, 5.74) is 0.405. The molecule has 0 saturated carbocycles. The summed E-state index contributed by atoms with van der Waals surface area (Å²) in [6.07, 6.45) is 2.02. The third-order valence-electron chi connectivity index (χ3n) is 4.20. The summed E-state index contributed by atoms with van der Waals surface area (Å²) >= 11 is 0. The molecule has 2 aliphatic rings. The molecule has 1 amide bonds. The molecule has 0 bridgehead atoms. The van der Waals surface area contributed by atoms with Crippen LogP contribution in [-0.2, 0) is 19.6 Å². The number of hydrogen-bond acceptors (Lipinski definition) is 5. The number of hydrogen-bond donors (Lipinski definition) is 1. The van der Waals surface area contributed by atoms with E-state index in [4.69, 9.17) is 9.47 Å². The van der Waals surface area contributed by atoms with Crippen molar-refractivity contribution in [3.05, 3.63) is 18.2 Å². The lowest BCUT2D eigenvalue weighted by Gasteiger charge is -2.28. The minimum Gasteiger partial charge on any atom is -0.478 e. The number of rotatable bonds is 5. The van der Waals surface area contributed by atoms with E-state index in [1.54, 1.807) is 6.07 Å². The molecule has 0 spiro atoms. The van der Waals surface area contributed by atoms with Crippen LogP contribution in [-0.4, -0.2) is 51.0 Å². The maximum absolute atomic E-state index is 12.7. The van der Waals surface area contributed by atoms with Crippen LogP contribution >= 0.6 is 0 Å². The fourth-order valence-electron chi connectivity index (χ4n) is 2.81. The number of sulfonamides is 1. The number of ether oxygens (including phenoxy) is 2. The van der Waals surface area contributed by atoms with Gasteiger partial charge in [-0.1, -0.05) is 13.3 Å². The molecule has 7 nitrogen and oxygen atoms in total. The third kappa shape index (κ3) is 3.40. The number of carbonyl (C=O) groups is 1. The van der Waals surface area contributed by atoms with Crippen molar-refractivity contribution in [1.29, 1.82) is 0 Å². The molecule has 1 saturated heterocycles. The van der Waals surface area contributed by atoms with Gasteiger partial charge in [0.1, 0.15) is 5.75 Å². The van der Waals surface area contributed by atoms with Crippen LogP contribution in [0.1, 0.15) is 26.2 Å². The molecule has 3 rings (SSSR count). The van der Waals surface area contributed by atoms with Crippen molar-refractivity contribution in [2.24, 2.45) is 0 Å². The number of morpholine rings is 1. The summed E-state index contributed by atoms with van der Waals surface area (Å²) in [5.74, 6) is 0.286. The summed E-state index contributed by atoms with van der Waals surface area (Å²) in [4.78, 5) is 12.3. The zero-order valence-corrected chi connectivity index (χ0v) is 14.5. The molecule has 1 fully saturated rings. The van der Waals surface area contributed by atoms with Crippen molar-refractivity contribution in [2.45, 2.75) is 37.2 Å². The number of nitrogens with zero attached hydrogens (tertiary/aromatic N) is 1. The van der Waals surface area contributed by atoms with E-state index in [9.17, 15) is 13.2 Å². The third-order valence-corrected chi connectivity index (χ3v) is 6.09. The van der Waals surface area contributed by atoms with Gasteiger partial charge < -0.3 is 14.8 Å². The number of benzene rings is 1. The smallest absolute Gasteiger partial charge is 0.265 e.